The minimum atomic E-state index is -0.465. The molecule has 5 heteroatoms. The van der Waals surface area contributed by atoms with E-state index < -0.39 is 6.48 Å². The van der Waals surface area contributed by atoms with Gasteiger partial charge in [-0.05, 0) is 12.8 Å². The Bertz CT molecular complexity index is 172. The van der Waals surface area contributed by atoms with Gasteiger partial charge in [0, 0.05) is 16.8 Å². The zero-order valence-electron chi connectivity index (χ0n) is 7.28. The molecule has 13 heavy (non-hydrogen) atoms. The zero-order valence-corrected chi connectivity index (χ0v) is 10.5. The number of fused-ring (bicyclic) bond motifs is 1. The molecule has 0 aromatic heterocycles. The first-order valence-electron chi connectivity index (χ1n) is 4.32. The molecule has 1 saturated carbocycles. The predicted molar refractivity (Wildman–Crippen MR) is 55.2 cm³/mol. The van der Waals surface area contributed by atoms with Crippen LogP contribution in [0.15, 0.2) is 0 Å². The average Bonchev–Trinajstić information content (AvgIpc) is 2.48. The number of hydrogen-bond donors (Lipinski definition) is 0. The van der Waals surface area contributed by atoms with E-state index in [1.165, 1.54) is 0 Å². The van der Waals surface area contributed by atoms with Gasteiger partial charge in [0.05, 0.1) is 12.2 Å². The minimum Gasteiger partial charge on any atom is -0.333 e. The van der Waals surface area contributed by atoms with E-state index in [9.17, 15) is 0 Å². The van der Waals surface area contributed by atoms with Gasteiger partial charge in [0.1, 0.15) is 0 Å². The lowest BCUT2D eigenvalue weighted by Crippen LogP contribution is -2.37. The van der Waals surface area contributed by atoms with Crippen LogP contribution in [-0.2, 0) is 14.2 Å². The van der Waals surface area contributed by atoms with Gasteiger partial charge >= 0.3 is 0 Å². The van der Waals surface area contributed by atoms with Crippen molar-refractivity contribution in [3.8, 4) is 0 Å². The molecule has 76 valence electrons. The maximum absolute atomic E-state index is 5.54. The van der Waals surface area contributed by atoms with Crippen LogP contribution in [-0.4, -0.2) is 35.4 Å². The number of halogens is 2. The second kappa shape index (κ2) is 4.14. The van der Waals surface area contributed by atoms with Crippen LogP contribution < -0.4 is 0 Å². The predicted octanol–water partition coefficient (Wildman–Crippen LogP) is 2.02. The molecule has 5 atom stereocenters. The van der Waals surface area contributed by atoms with Crippen LogP contribution in [0.3, 0.4) is 0 Å². The molecule has 0 N–H and O–H groups in total. The van der Waals surface area contributed by atoms with Crippen molar-refractivity contribution in [1.29, 1.82) is 0 Å². The maximum Gasteiger partial charge on any atom is 0.272 e. The van der Waals surface area contributed by atoms with Crippen LogP contribution in [0.4, 0.5) is 0 Å². The molecular weight excluding hydrogens is 304 g/mol. The van der Waals surface area contributed by atoms with E-state index in [1.807, 2.05) is 0 Å². The number of ether oxygens (including phenoxy) is 3. The molecule has 0 spiro atoms. The van der Waals surface area contributed by atoms with E-state index in [-0.39, 0.29) is 12.2 Å². The van der Waals surface area contributed by atoms with Crippen LogP contribution in [0.1, 0.15) is 12.8 Å². The van der Waals surface area contributed by atoms with Gasteiger partial charge in [-0.3, -0.25) is 0 Å². The largest absolute Gasteiger partial charge is 0.333 e. The Balaban J connectivity index is 1.97. The molecule has 1 aliphatic heterocycles. The molecule has 1 saturated heterocycles. The summed E-state index contributed by atoms with van der Waals surface area (Å²) in [5.74, 6) is 0. The van der Waals surface area contributed by atoms with Crippen LogP contribution in [0.2, 0.25) is 0 Å². The lowest BCUT2D eigenvalue weighted by Gasteiger charge is -2.29. The van der Waals surface area contributed by atoms with Crippen LogP contribution in [0.25, 0.3) is 0 Å². The van der Waals surface area contributed by atoms with E-state index in [4.69, 9.17) is 14.2 Å². The molecule has 1 aliphatic carbocycles. The Kier molecular flexibility index (Phi) is 3.30. The van der Waals surface area contributed by atoms with Crippen molar-refractivity contribution in [3.05, 3.63) is 0 Å². The number of hydrogen-bond acceptors (Lipinski definition) is 3. The number of alkyl halides is 2. The first-order valence-corrected chi connectivity index (χ1v) is 6.15. The molecular formula is C8H12Br2O3. The molecule has 0 aromatic rings. The molecule has 2 fully saturated rings. The summed E-state index contributed by atoms with van der Waals surface area (Å²) in [6.07, 6.45) is 2.31. The summed E-state index contributed by atoms with van der Waals surface area (Å²) >= 11 is 7.22. The SMILES string of the molecule is COC1O[C@H]2C[C@H](Br)[C@@H](Br)C[C@H]2O1. The highest BCUT2D eigenvalue weighted by Crippen LogP contribution is 2.37. The van der Waals surface area contributed by atoms with Crippen LogP contribution >= 0.6 is 31.9 Å². The molecule has 0 amide bonds. The van der Waals surface area contributed by atoms with Crippen molar-refractivity contribution < 1.29 is 14.2 Å². The van der Waals surface area contributed by atoms with E-state index in [0.717, 1.165) is 12.8 Å². The fraction of sp³-hybridized carbons (Fsp3) is 1.00. The lowest BCUT2D eigenvalue weighted by molar-refractivity contribution is -0.227. The highest BCUT2D eigenvalue weighted by molar-refractivity contribution is 9.12. The zero-order chi connectivity index (χ0) is 9.42. The molecule has 2 rings (SSSR count). The number of methoxy groups -OCH3 is 1. The third-order valence-electron chi connectivity index (χ3n) is 2.49. The van der Waals surface area contributed by atoms with E-state index >= 15 is 0 Å². The standard InChI is InChI=1S/C8H12Br2O3/c1-11-8-12-6-2-4(9)5(10)3-7(6)13-8/h4-8H,2-3H2,1H3/t4-,5-,6-,7+,8?/m0/s1. The first-order chi connectivity index (χ1) is 6.20. The molecule has 3 nitrogen and oxygen atoms in total. The highest BCUT2D eigenvalue weighted by Gasteiger charge is 2.43. The summed E-state index contributed by atoms with van der Waals surface area (Å²) in [4.78, 5) is 0.931. The van der Waals surface area contributed by atoms with Gasteiger partial charge in [0.25, 0.3) is 6.48 Å². The Morgan fingerprint density at radius 3 is 1.92 bits per heavy atom. The summed E-state index contributed by atoms with van der Waals surface area (Å²) in [6.45, 7) is -0.465. The van der Waals surface area contributed by atoms with Gasteiger partial charge in [-0.2, -0.15) is 0 Å². The fourth-order valence-corrected chi connectivity index (χ4v) is 2.93. The van der Waals surface area contributed by atoms with Crippen molar-refractivity contribution in [2.24, 2.45) is 0 Å². The van der Waals surface area contributed by atoms with Gasteiger partial charge in [0.2, 0.25) is 0 Å². The Morgan fingerprint density at radius 2 is 1.54 bits per heavy atom. The van der Waals surface area contributed by atoms with Gasteiger partial charge < -0.3 is 14.2 Å². The van der Waals surface area contributed by atoms with E-state index in [1.54, 1.807) is 7.11 Å². The summed E-state index contributed by atoms with van der Waals surface area (Å²) in [6, 6.07) is 0. The van der Waals surface area contributed by atoms with Crippen molar-refractivity contribution in [3.63, 3.8) is 0 Å². The Morgan fingerprint density at radius 1 is 1.08 bits per heavy atom. The quantitative estimate of drug-likeness (QED) is 0.693. The summed E-state index contributed by atoms with van der Waals surface area (Å²) < 4.78 is 16.1. The maximum atomic E-state index is 5.54. The van der Waals surface area contributed by atoms with Crippen LogP contribution in [0.5, 0.6) is 0 Å². The number of rotatable bonds is 1. The normalized spacial score (nSPS) is 50.5. The average molecular weight is 316 g/mol. The topological polar surface area (TPSA) is 27.7 Å². The smallest absolute Gasteiger partial charge is 0.272 e. The third-order valence-corrected chi connectivity index (χ3v) is 5.22. The molecule has 0 radical (unpaired) electrons. The Labute approximate surface area is 94.4 Å². The first kappa shape index (κ1) is 10.4. The van der Waals surface area contributed by atoms with Gasteiger partial charge in [0.15, 0.2) is 0 Å². The van der Waals surface area contributed by atoms with Crippen LogP contribution in [0, 0.1) is 0 Å². The van der Waals surface area contributed by atoms with Crippen molar-refractivity contribution >= 4 is 31.9 Å². The highest BCUT2D eigenvalue weighted by atomic mass is 79.9. The molecule has 2 aliphatic rings. The summed E-state index contributed by atoms with van der Waals surface area (Å²) in [7, 11) is 1.60. The van der Waals surface area contributed by atoms with E-state index in [2.05, 4.69) is 31.9 Å². The second-order valence-electron chi connectivity index (χ2n) is 3.38. The Hall–Kier alpha value is 0.840. The van der Waals surface area contributed by atoms with Gasteiger partial charge in [-0.1, -0.05) is 31.9 Å². The third kappa shape index (κ3) is 2.09. The summed E-state index contributed by atoms with van der Waals surface area (Å²) in [5.41, 5.74) is 0. The van der Waals surface area contributed by atoms with Gasteiger partial charge in [-0.15, -0.1) is 0 Å². The molecule has 1 unspecified atom stereocenters. The summed E-state index contributed by atoms with van der Waals surface area (Å²) in [5, 5.41) is 0. The van der Waals surface area contributed by atoms with Crippen molar-refractivity contribution in [1.82, 2.24) is 0 Å². The molecule has 0 aromatic carbocycles. The van der Waals surface area contributed by atoms with Crippen molar-refractivity contribution in [2.45, 2.75) is 41.2 Å². The fourth-order valence-electron chi connectivity index (χ4n) is 1.76. The van der Waals surface area contributed by atoms with Crippen molar-refractivity contribution in [2.75, 3.05) is 7.11 Å². The van der Waals surface area contributed by atoms with Gasteiger partial charge in [-0.25, -0.2) is 0 Å². The minimum absolute atomic E-state index is 0.183. The monoisotopic (exact) mass is 314 g/mol. The molecule has 0 bridgehead atoms. The molecule has 1 heterocycles. The lowest BCUT2D eigenvalue weighted by atomic mass is 9.95. The second-order valence-corrected chi connectivity index (χ2v) is 5.73. The van der Waals surface area contributed by atoms with E-state index in [0.29, 0.717) is 9.65 Å².